The maximum atomic E-state index is 12.5. The van der Waals surface area contributed by atoms with Gasteiger partial charge in [-0.3, -0.25) is 0 Å². The van der Waals surface area contributed by atoms with E-state index >= 15 is 0 Å². The summed E-state index contributed by atoms with van der Waals surface area (Å²) in [6.07, 6.45) is -2.60. The van der Waals surface area contributed by atoms with Crippen LogP contribution < -0.4 is 10.5 Å². The number of nitrogens with two attached hydrogens (primary N) is 1. The molecule has 0 spiro atoms. The maximum Gasteiger partial charge on any atom is 0.416 e. The van der Waals surface area contributed by atoms with Crippen molar-refractivity contribution in [1.82, 2.24) is 0 Å². The quantitative estimate of drug-likeness (QED) is 0.869. The number of alkyl halides is 3. The lowest BCUT2D eigenvalue weighted by molar-refractivity contribution is -0.137. The molecule has 2 aromatic rings. The average Bonchev–Trinajstić information content (AvgIpc) is 2.48. The Morgan fingerprint density at radius 3 is 2.32 bits per heavy atom. The normalized spacial score (nSPS) is 11.5. The molecule has 0 atom stereocenters. The summed E-state index contributed by atoms with van der Waals surface area (Å²) in [5.74, 6) is 1.03. The van der Waals surface area contributed by atoms with Crippen LogP contribution in [-0.2, 0) is 12.6 Å². The van der Waals surface area contributed by atoms with Crippen LogP contribution in [0.1, 0.15) is 23.1 Å². The van der Waals surface area contributed by atoms with E-state index in [0.717, 1.165) is 36.1 Å². The van der Waals surface area contributed by atoms with Crippen LogP contribution in [0, 0.1) is 6.92 Å². The zero-order valence-corrected chi connectivity index (χ0v) is 12.3. The van der Waals surface area contributed by atoms with E-state index in [1.807, 2.05) is 19.1 Å². The van der Waals surface area contributed by atoms with Crippen LogP contribution in [0.15, 0.2) is 42.5 Å². The Morgan fingerprint density at radius 2 is 1.73 bits per heavy atom. The van der Waals surface area contributed by atoms with Gasteiger partial charge in [-0.05, 0) is 67.8 Å². The Labute approximate surface area is 127 Å². The number of benzene rings is 2. The third-order valence-electron chi connectivity index (χ3n) is 3.46. The van der Waals surface area contributed by atoms with Gasteiger partial charge in [0.2, 0.25) is 0 Å². The molecule has 0 fully saturated rings. The van der Waals surface area contributed by atoms with Crippen molar-refractivity contribution >= 4 is 0 Å². The minimum atomic E-state index is -4.34. The summed E-state index contributed by atoms with van der Waals surface area (Å²) in [5, 5.41) is 0. The highest BCUT2D eigenvalue weighted by atomic mass is 19.4. The van der Waals surface area contributed by atoms with Crippen molar-refractivity contribution in [2.24, 2.45) is 5.73 Å². The summed E-state index contributed by atoms with van der Waals surface area (Å²) in [7, 11) is 0. The highest BCUT2D eigenvalue weighted by Crippen LogP contribution is 2.32. The second-order valence-electron chi connectivity index (χ2n) is 5.06. The van der Waals surface area contributed by atoms with Crippen molar-refractivity contribution in [3.63, 3.8) is 0 Å². The molecule has 2 N–H and O–H groups in total. The third kappa shape index (κ3) is 4.01. The Kier molecular flexibility index (Phi) is 5.08. The fourth-order valence-corrected chi connectivity index (χ4v) is 2.17. The summed E-state index contributed by atoms with van der Waals surface area (Å²) in [6.45, 7) is 2.55. The first-order chi connectivity index (χ1) is 10.4. The molecule has 118 valence electrons. The second-order valence-corrected chi connectivity index (χ2v) is 5.06. The Morgan fingerprint density at radius 1 is 1.05 bits per heavy atom. The van der Waals surface area contributed by atoms with Gasteiger partial charge in [-0.1, -0.05) is 12.1 Å². The molecule has 0 saturated heterocycles. The number of rotatable bonds is 5. The minimum absolute atomic E-state index is 0.382. The molecule has 0 bridgehead atoms. The summed E-state index contributed by atoms with van der Waals surface area (Å²) in [5.41, 5.74) is 6.94. The van der Waals surface area contributed by atoms with Gasteiger partial charge in [0.25, 0.3) is 0 Å². The SMILES string of the molecule is Cc1c(CCCN)cccc1Oc1ccc(C(F)(F)F)cc1. The van der Waals surface area contributed by atoms with Crippen molar-refractivity contribution in [3.05, 3.63) is 59.2 Å². The maximum absolute atomic E-state index is 12.5. The fourth-order valence-electron chi connectivity index (χ4n) is 2.17. The lowest BCUT2D eigenvalue weighted by atomic mass is 10.0. The molecule has 0 aliphatic heterocycles. The highest BCUT2D eigenvalue weighted by Gasteiger charge is 2.30. The van der Waals surface area contributed by atoms with Gasteiger partial charge in [-0.2, -0.15) is 13.2 Å². The van der Waals surface area contributed by atoms with E-state index in [1.165, 1.54) is 12.1 Å². The smallest absolute Gasteiger partial charge is 0.416 e. The largest absolute Gasteiger partial charge is 0.457 e. The predicted molar refractivity (Wildman–Crippen MR) is 80.1 cm³/mol. The molecule has 5 heteroatoms. The molecule has 2 aromatic carbocycles. The average molecular weight is 309 g/mol. The molecule has 0 saturated carbocycles. The molecular weight excluding hydrogens is 291 g/mol. The lowest BCUT2D eigenvalue weighted by Crippen LogP contribution is -2.04. The Hall–Kier alpha value is -2.01. The predicted octanol–water partition coefficient (Wildman–Crippen LogP) is 4.70. The van der Waals surface area contributed by atoms with E-state index in [9.17, 15) is 13.2 Å². The third-order valence-corrected chi connectivity index (χ3v) is 3.46. The molecule has 0 aliphatic carbocycles. The first-order valence-electron chi connectivity index (χ1n) is 7.05. The van der Waals surface area contributed by atoms with Crippen LogP contribution in [0.4, 0.5) is 13.2 Å². The summed E-state index contributed by atoms with van der Waals surface area (Å²) < 4.78 is 43.3. The highest BCUT2D eigenvalue weighted by molar-refractivity contribution is 5.42. The molecular formula is C17H18F3NO. The zero-order valence-electron chi connectivity index (χ0n) is 12.3. The van der Waals surface area contributed by atoms with Crippen LogP contribution in [0.25, 0.3) is 0 Å². The monoisotopic (exact) mass is 309 g/mol. The van der Waals surface area contributed by atoms with Crippen LogP contribution in [0.2, 0.25) is 0 Å². The van der Waals surface area contributed by atoms with Gasteiger partial charge in [-0.15, -0.1) is 0 Å². The van der Waals surface area contributed by atoms with Crippen LogP contribution >= 0.6 is 0 Å². The molecule has 2 nitrogen and oxygen atoms in total. The summed E-state index contributed by atoms with van der Waals surface area (Å²) >= 11 is 0. The molecule has 0 aromatic heterocycles. The van der Waals surface area contributed by atoms with E-state index < -0.39 is 11.7 Å². The van der Waals surface area contributed by atoms with Crippen molar-refractivity contribution in [1.29, 1.82) is 0 Å². The van der Waals surface area contributed by atoms with E-state index in [1.54, 1.807) is 6.07 Å². The Bertz CT molecular complexity index is 621. The van der Waals surface area contributed by atoms with E-state index in [-0.39, 0.29) is 0 Å². The van der Waals surface area contributed by atoms with Crippen molar-refractivity contribution in [2.75, 3.05) is 6.54 Å². The van der Waals surface area contributed by atoms with Gasteiger partial charge in [-0.25, -0.2) is 0 Å². The van der Waals surface area contributed by atoms with Crippen LogP contribution in [0.3, 0.4) is 0 Å². The van der Waals surface area contributed by atoms with E-state index in [0.29, 0.717) is 18.0 Å². The molecule has 0 radical (unpaired) electrons. The standard InChI is InChI=1S/C17H18F3NO/c1-12-13(5-3-11-21)4-2-6-16(12)22-15-9-7-14(8-10-15)17(18,19)20/h2,4,6-10H,3,5,11,21H2,1H3. The topological polar surface area (TPSA) is 35.2 Å². The number of aryl methyl sites for hydroxylation is 1. The zero-order chi connectivity index (χ0) is 16.2. The molecule has 22 heavy (non-hydrogen) atoms. The van der Waals surface area contributed by atoms with Crippen LogP contribution in [-0.4, -0.2) is 6.54 Å². The van der Waals surface area contributed by atoms with Crippen molar-refractivity contribution in [3.8, 4) is 11.5 Å². The number of halogens is 3. The molecule has 2 rings (SSSR count). The summed E-state index contributed by atoms with van der Waals surface area (Å²) in [6, 6.07) is 10.4. The van der Waals surface area contributed by atoms with E-state index in [2.05, 4.69) is 0 Å². The lowest BCUT2D eigenvalue weighted by Gasteiger charge is -2.13. The van der Waals surface area contributed by atoms with Gasteiger partial charge in [0.1, 0.15) is 11.5 Å². The fraction of sp³-hybridized carbons (Fsp3) is 0.294. The van der Waals surface area contributed by atoms with Crippen molar-refractivity contribution in [2.45, 2.75) is 25.9 Å². The van der Waals surface area contributed by atoms with E-state index in [4.69, 9.17) is 10.5 Å². The molecule has 0 unspecified atom stereocenters. The Balaban J connectivity index is 2.17. The first-order valence-corrected chi connectivity index (χ1v) is 7.05. The molecule has 0 heterocycles. The van der Waals surface area contributed by atoms with Crippen LogP contribution in [0.5, 0.6) is 11.5 Å². The second kappa shape index (κ2) is 6.83. The number of ether oxygens (including phenoxy) is 1. The van der Waals surface area contributed by atoms with Gasteiger partial charge in [0.15, 0.2) is 0 Å². The van der Waals surface area contributed by atoms with Gasteiger partial charge in [0.05, 0.1) is 5.56 Å². The first kappa shape index (κ1) is 16.4. The molecule has 0 aliphatic rings. The van der Waals surface area contributed by atoms with Gasteiger partial charge < -0.3 is 10.5 Å². The summed E-state index contributed by atoms with van der Waals surface area (Å²) in [4.78, 5) is 0. The van der Waals surface area contributed by atoms with Crippen molar-refractivity contribution < 1.29 is 17.9 Å². The van der Waals surface area contributed by atoms with Gasteiger partial charge in [0, 0.05) is 0 Å². The molecule has 0 amide bonds. The number of hydrogen-bond acceptors (Lipinski definition) is 2. The minimum Gasteiger partial charge on any atom is -0.457 e. The number of hydrogen-bond donors (Lipinski definition) is 1. The van der Waals surface area contributed by atoms with Gasteiger partial charge >= 0.3 is 6.18 Å².